The van der Waals surface area contributed by atoms with Crippen molar-refractivity contribution in [3.63, 3.8) is 0 Å². The first-order valence-corrected chi connectivity index (χ1v) is 5.34. The van der Waals surface area contributed by atoms with Gasteiger partial charge in [0.05, 0.1) is 5.57 Å². The molecule has 0 atom stereocenters. The number of rotatable bonds is 3. The average molecular weight is 231 g/mol. The van der Waals surface area contributed by atoms with Crippen LogP contribution in [0.2, 0.25) is 0 Å². The minimum absolute atomic E-state index is 0.194. The molecule has 0 aliphatic rings. The number of hydrogen-bond donors (Lipinski definition) is 1. The molecule has 16 heavy (non-hydrogen) atoms. The number of aromatic nitrogens is 2. The van der Waals surface area contributed by atoms with Crippen LogP contribution in [0.5, 0.6) is 0 Å². The molecule has 0 bridgehead atoms. The van der Waals surface area contributed by atoms with Crippen molar-refractivity contribution in [3.8, 4) is 11.4 Å². The predicted octanol–water partition coefficient (Wildman–Crippen LogP) is 1.70. The molecule has 80 valence electrons. The molecular formula is C11H9N3OS. The van der Waals surface area contributed by atoms with Gasteiger partial charge < -0.3 is 5.73 Å². The Morgan fingerprint density at radius 2 is 2.00 bits per heavy atom. The number of carbonyl (C=O) groups excluding carboxylic acids is 1. The molecule has 0 saturated carbocycles. The minimum Gasteiger partial charge on any atom is -0.366 e. The summed E-state index contributed by atoms with van der Waals surface area (Å²) in [6, 6.07) is 9.52. The van der Waals surface area contributed by atoms with Crippen LogP contribution in [0.3, 0.4) is 0 Å². The number of primary amides is 1. The summed E-state index contributed by atoms with van der Waals surface area (Å²) in [6.07, 6.45) is 0. The lowest BCUT2D eigenvalue weighted by atomic mass is 10.2. The van der Waals surface area contributed by atoms with Gasteiger partial charge in [-0.15, -0.1) is 0 Å². The summed E-state index contributed by atoms with van der Waals surface area (Å²) < 4.78 is 4.15. The highest BCUT2D eigenvalue weighted by molar-refractivity contribution is 7.07. The van der Waals surface area contributed by atoms with E-state index in [1.165, 1.54) is 0 Å². The molecular weight excluding hydrogens is 222 g/mol. The Hall–Kier alpha value is -2.01. The zero-order valence-corrected chi connectivity index (χ0v) is 9.20. The van der Waals surface area contributed by atoms with E-state index in [4.69, 9.17) is 5.73 Å². The Kier molecular flexibility index (Phi) is 2.78. The van der Waals surface area contributed by atoms with Crippen molar-refractivity contribution in [2.45, 2.75) is 0 Å². The van der Waals surface area contributed by atoms with Crippen molar-refractivity contribution in [3.05, 3.63) is 41.9 Å². The first kappa shape index (κ1) is 10.5. The zero-order chi connectivity index (χ0) is 11.5. The second-order valence-electron chi connectivity index (χ2n) is 3.13. The molecule has 1 heterocycles. The maximum Gasteiger partial charge on any atom is 0.251 e. The van der Waals surface area contributed by atoms with Crippen LogP contribution in [0.25, 0.3) is 17.0 Å². The van der Waals surface area contributed by atoms with E-state index in [1.54, 1.807) is 0 Å². The zero-order valence-electron chi connectivity index (χ0n) is 8.38. The third-order valence-electron chi connectivity index (χ3n) is 2.01. The van der Waals surface area contributed by atoms with Crippen molar-refractivity contribution in [1.82, 2.24) is 9.36 Å². The molecule has 1 aromatic heterocycles. The van der Waals surface area contributed by atoms with Crippen LogP contribution in [0.1, 0.15) is 5.01 Å². The van der Waals surface area contributed by atoms with Gasteiger partial charge in [0, 0.05) is 5.56 Å². The lowest BCUT2D eigenvalue weighted by Gasteiger charge is -1.93. The number of hydrogen-bond acceptors (Lipinski definition) is 4. The quantitative estimate of drug-likeness (QED) is 0.817. The maximum atomic E-state index is 10.9. The summed E-state index contributed by atoms with van der Waals surface area (Å²) in [5.74, 6) is 0.0127. The van der Waals surface area contributed by atoms with E-state index in [1.807, 2.05) is 30.3 Å². The van der Waals surface area contributed by atoms with Gasteiger partial charge in [-0.05, 0) is 11.5 Å². The van der Waals surface area contributed by atoms with Crippen LogP contribution in [0.4, 0.5) is 0 Å². The van der Waals surface area contributed by atoms with Gasteiger partial charge in [-0.1, -0.05) is 36.9 Å². The van der Waals surface area contributed by atoms with E-state index >= 15 is 0 Å². The van der Waals surface area contributed by atoms with Crippen LogP contribution < -0.4 is 5.73 Å². The van der Waals surface area contributed by atoms with Crippen LogP contribution in [-0.4, -0.2) is 15.3 Å². The summed E-state index contributed by atoms with van der Waals surface area (Å²) in [5, 5.41) is 0.464. The standard InChI is InChI=1S/C11H9N3OS/c1-7(9(12)15)11-13-10(14-16-11)8-5-3-2-4-6-8/h2-6H,1H2,(H2,12,15). The Bertz CT molecular complexity index is 533. The second-order valence-corrected chi connectivity index (χ2v) is 3.88. The third kappa shape index (κ3) is 1.99. The topological polar surface area (TPSA) is 68.9 Å². The van der Waals surface area contributed by atoms with Gasteiger partial charge in [-0.2, -0.15) is 4.37 Å². The SMILES string of the molecule is C=C(C(N)=O)c1nc(-c2ccccc2)ns1. The van der Waals surface area contributed by atoms with Crippen LogP contribution >= 0.6 is 11.5 Å². The lowest BCUT2D eigenvalue weighted by molar-refractivity contribution is -0.112. The summed E-state index contributed by atoms with van der Waals surface area (Å²) in [4.78, 5) is 15.1. The second kappa shape index (κ2) is 4.24. The van der Waals surface area contributed by atoms with E-state index < -0.39 is 5.91 Å². The van der Waals surface area contributed by atoms with Crippen molar-refractivity contribution in [2.75, 3.05) is 0 Å². The maximum absolute atomic E-state index is 10.9. The van der Waals surface area contributed by atoms with Crippen LogP contribution in [0, 0.1) is 0 Å². The van der Waals surface area contributed by atoms with Gasteiger partial charge in [0.25, 0.3) is 5.91 Å². The van der Waals surface area contributed by atoms with Gasteiger partial charge in [0.15, 0.2) is 5.82 Å². The Morgan fingerprint density at radius 3 is 2.62 bits per heavy atom. The normalized spacial score (nSPS) is 10.0. The first-order chi connectivity index (χ1) is 7.68. The molecule has 0 unspecified atom stereocenters. The van der Waals surface area contributed by atoms with Gasteiger partial charge in [0.2, 0.25) is 0 Å². The average Bonchev–Trinajstić information content (AvgIpc) is 2.78. The Balaban J connectivity index is 2.34. The molecule has 0 fully saturated rings. The molecule has 2 aromatic rings. The lowest BCUT2D eigenvalue weighted by Crippen LogP contribution is -2.11. The highest BCUT2D eigenvalue weighted by Crippen LogP contribution is 2.21. The van der Waals surface area contributed by atoms with Gasteiger partial charge >= 0.3 is 0 Å². The summed E-state index contributed by atoms with van der Waals surface area (Å²) in [7, 11) is 0. The van der Waals surface area contributed by atoms with E-state index in [2.05, 4.69) is 15.9 Å². The van der Waals surface area contributed by atoms with Crippen molar-refractivity contribution in [2.24, 2.45) is 5.73 Å². The summed E-state index contributed by atoms with van der Waals surface area (Å²) >= 11 is 1.12. The van der Waals surface area contributed by atoms with Gasteiger partial charge in [-0.25, -0.2) is 4.98 Å². The number of carbonyl (C=O) groups is 1. The van der Waals surface area contributed by atoms with Crippen LogP contribution in [-0.2, 0) is 4.79 Å². The minimum atomic E-state index is -0.573. The molecule has 0 aliphatic heterocycles. The van der Waals surface area contributed by atoms with Crippen LogP contribution in [0.15, 0.2) is 36.9 Å². The molecule has 1 amide bonds. The fourth-order valence-electron chi connectivity index (χ4n) is 1.16. The number of nitrogens with zero attached hydrogens (tertiary/aromatic N) is 2. The largest absolute Gasteiger partial charge is 0.366 e. The van der Waals surface area contributed by atoms with Crippen molar-refractivity contribution >= 4 is 23.0 Å². The molecule has 5 heteroatoms. The first-order valence-electron chi connectivity index (χ1n) is 4.56. The fraction of sp³-hybridized carbons (Fsp3) is 0. The van der Waals surface area contributed by atoms with Crippen molar-refractivity contribution < 1.29 is 4.79 Å². The number of benzene rings is 1. The Morgan fingerprint density at radius 1 is 1.31 bits per heavy atom. The molecule has 0 aliphatic carbocycles. The van der Waals surface area contributed by atoms with E-state index in [0.29, 0.717) is 10.8 Å². The highest BCUT2D eigenvalue weighted by Gasteiger charge is 2.12. The van der Waals surface area contributed by atoms with Gasteiger partial charge in [0.1, 0.15) is 5.01 Å². The monoisotopic (exact) mass is 231 g/mol. The Labute approximate surface area is 96.6 Å². The number of amides is 1. The van der Waals surface area contributed by atoms with Gasteiger partial charge in [-0.3, -0.25) is 4.79 Å². The fourth-order valence-corrected chi connectivity index (χ4v) is 1.81. The molecule has 1 aromatic carbocycles. The third-order valence-corrected chi connectivity index (χ3v) is 2.79. The molecule has 0 radical (unpaired) electrons. The molecule has 2 rings (SSSR count). The summed E-state index contributed by atoms with van der Waals surface area (Å²) in [6.45, 7) is 3.56. The predicted molar refractivity (Wildman–Crippen MR) is 63.6 cm³/mol. The number of nitrogens with two attached hydrogens (primary N) is 1. The molecule has 4 nitrogen and oxygen atoms in total. The molecule has 0 spiro atoms. The van der Waals surface area contributed by atoms with E-state index in [-0.39, 0.29) is 5.57 Å². The molecule has 0 saturated heterocycles. The van der Waals surface area contributed by atoms with Crippen molar-refractivity contribution in [1.29, 1.82) is 0 Å². The van der Waals surface area contributed by atoms with E-state index in [0.717, 1.165) is 17.1 Å². The summed E-state index contributed by atoms with van der Waals surface area (Å²) in [5.41, 5.74) is 6.22. The smallest absolute Gasteiger partial charge is 0.251 e. The van der Waals surface area contributed by atoms with E-state index in [9.17, 15) is 4.79 Å². The highest BCUT2D eigenvalue weighted by atomic mass is 32.1. The molecule has 2 N–H and O–H groups in total.